The summed E-state index contributed by atoms with van der Waals surface area (Å²) in [7, 11) is 4.34. The van der Waals surface area contributed by atoms with Gasteiger partial charge in [0, 0.05) is 21.7 Å². The molecule has 4 heterocycles. The highest BCUT2D eigenvalue weighted by Gasteiger charge is 2.18. The van der Waals surface area contributed by atoms with Crippen LogP contribution in [0.4, 0.5) is 0 Å². The van der Waals surface area contributed by atoms with Crippen LogP contribution in [0.3, 0.4) is 0 Å². The molecule has 0 aliphatic rings. The number of carbonyl (C=O) groups is 2. The minimum Gasteiger partial charge on any atom is -0.497 e. The molecule has 23 heteroatoms. The first-order valence-electron chi connectivity index (χ1n) is 23.1. The number of methoxy groups -OCH3 is 3. The number of esters is 1. The van der Waals surface area contributed by atoms with E-state index in [1.54, 1.807) is 76.6 Å². The van der Waals surface area contributed by atoms with Crippen molar-refractivity contribution in [1.29, 1.82) is 10.5 Å². The molecule has 0 radical (unpaired) electrons. The van der Waals surface area contributed by atoms with E-state index in [9.17, 15) is 34.0 Å². The zero-order valence-corrected chi connectivity index (χ0v) is 43.7. The summed E-state index contributed by atoms with van der Waals surface area (Å²) in [4.78, 5) is 84.3. The molecule has 8 aromatic rings. The van der Waals surface area contributed by atoms with E-state index in [0.29, 0.717) is 40.6 Å². The quantitative estimate of drug-likeness (QED) is 0.0501. The lowest BCUT2D eigenvalue weighted by Gasteiger charge is -2.13. The van der Waals surface area contributed by atoms with Crippen molar-refractivity contribution in [3.63, 3.8) is 0 Å². The first-order valence-corrected chi connectivity index (χ1v) is 23.9. The maximum Gasteiger partial charge on any atom is 0.330 e. The Morgan fingerprint density at radius 1 is 0.577 bits per heavy atom. The molecule has 0 amide bonds. The van der Waals surface area contributed by atoms with Crippen LogP contribution in [0.5, 0.6) is 34.5 Å². The minimum atomic E-state index is -0.634. The highest BCUT2D eigenvalue weighted by atomic mass is 35.5. The Morgan fingerprint density at radius 2 is 1.00 bits per heavy atom. The molecule has 8 rings (SSSR count). The van der Waals surface area contributed by atoms with Gasteiger partial charge in [0.25, 0.3) is 22.2 Å². The molecule has 0 bridgehead atoms. The molecule has 4 aromatic heterocycles. The fourth-order valence-corrected chi connectivity index (χ4v) is 7.82. The summed E-state index contributed by atoms with van der Waals surface area (Å²) in [5.41, 5.74) is 1.42. The van der Waals surface area contributed by atoms with Crippen molar-refractivity contribution >= 4 is 41.5 Å². The lowest BCUT2D eigenvalue weighted by atomic mass is 10.2. The SMILES string of the molecule is COC(=O)/C=C/c1cc(Cn2cnc(C)c(Oc3cc(Cl)cc(C#N)c3)c2=O)nn(Cc2ccc(OC)cc2)c1=O.COc1ccc(Cn2nc(Cn3cnc(C)c(Oc4cc(Cl)cc(C#N)c4)c3=O)cc(C=O)c2=O)cc1. The van der Waals surface area contributed by atoms with E-state index in [4.69, 9.17) is 47.4 Å². The number of nitrogens with zero attached hydrogens (tertiary/aromatic N) is 10. The summed E-state index contributed by atoms with van der Waals surface area (Å²) in [5.74, 6) is 0.985. The molecule has 0 aliphatic heterocycles. The molecule has 78 heavy (non-hydrogen) atoms. The first kappa shape index (κ1) is 55.8. The van der Waals surface area contributed by atoms with Gasteiger partial charge in [0.15, 0.2) is 6.29 Å². The minimum absolute atomic E-state index is 0.0592. The average Bonchev–Trinajstić information content (AvgIpc) is 3.45. The lowest BCUT2D eigenvalue weighted by molar-refractivity contribution is -0.134. The number of hydrogen-bond donors (Lipinski definition) is 0. The average molecular weight is 1090 g/mol. The van der Waals surface area contributed by atoms with Gasteiger partial charge in [-0.05, 0) is 104 Å². The zero-order chi connectivity index (χ0) is 56.0. The third-order valence-electron chi connectivity index (χ3n) is 11.3. The lowest BCUT2D eigenvalue weighted by Crippen LogP contribution is -2.30. The smallest absolute Gasteiger partial charge is 0.330 e. The fourth-order valence-electron chi connectivity index (χ4n) is 7.37. The van der Waals surface area contributed by atoms with Crippen LogP contribution >= 0.6 is 23.2 Å². The number of hydrogen-bond acceptors (Lipinski definition) is 17. The van der Waals surface area contributed by atoms with Crippen LogP contribution in [-0.2, 0) is 35.7 Å². The number of rotatable bonds is 17. The van der Waals surface area contributed by atoms with E-state index in [2.05, 4.69) is 24.9 Å². The van der Waals surface area contributed by atoms with Crippen LogP contribution in [0.25, 0.3) is 6.08 Å². The number of halogens is 2. The predicted octanol–water partition coefficient (Wildman–Crippen LogP) is 7.06. The van der Waals surface area contributed by atoms with Gasteiger partial charge in [0.2, 0.25) is 11.5 Å². The fraction of sp³-hybridized carbons (Fsp3) is 0.164. The third kappa shape index (κ3) is 14.0. The van der Waals surface area contributed by atoms with Crippen LogP contribution < -0.4 is 41.2 Å². The van der Waals surface area contributed by atoms with Gasteiger partial charge in [-0.2, -0.15) is 20.7 Å². The second-order valence-electron chi connectivity index (χ2n) is 16.7. The third-order valence-corrected chi connectivity index (χ3v) is 11.7. The highest BCUT2D eigenvalue weighted by molar-refractivity contribution is 6.31. The number of aryl methyl sites for hydroxylation is 2. The summed E-state index contributed by atoms with van der Waals surface area (Å²) in [6.07, 6.45) is 5.58. The molecule has 0 atom stereocenters. The number of benzene rings is 4. The summed E-state index contributed by atoms with van der Waals surface area (Å²) in [6.45, 7) is 3.31. The molecule has 0 saturated carbocycles. The van der Waals surface area contributed by atoms with Crippen molar-refractivity contribution in [3.8, 4) is 46.6 Å². The molecule has 0 aliphatic carbocycles. The van der Waals surface area contributed by atoms with Crippen molar-refractivity contribution in [2.75, 3.05) is 21.3 Å². The Kier molecular flexibility index (Phi) is 18.2. The maximum absolute atomic E-state index is 13.4. The second-order valence-corrected chi connectivity index (χ2v) is 17.6. The monoisotopic (exact) mass is 1090 g/mol. The highest BCUT2D eigenvalue weighted by Crippen LogP contribution is 2.27. The van der Waals surface area contributed by atoms with Crippen LogP contribution in [0.1, 0.15) is 61.0 Å². The van der Waals surface area contributed by atoms with E-state index in [0.717, 1.165) is 17.2 Å². The molecule has 21 nitrogen and oxygen atoms in total. The van der Waals surface area contributed by atoms with E-state index in [1.165, 1.54) is 92.9 Å². The van der Waals surface area contributed by atoms with Crippen molar-refractivity contribution in [2.45, 2.75) is 40.0 Å². The summed E-state index contributed by atoms with van der Waals surface area (Å²) >= 11 is 12.1. The van der Waals surface area contributed by atoms with E-state index in [1.807, 2.05) is 12.1 Å². The standard InChI is InChI=1S/C29H24ClN5O6.C26H20ClN5O5/c1-18-27(41-25-11-20(14-31)10-22(30)13-25)29(38)34(17-32-18)16-23-12-21(6-9-26(36)40-3)28(37)35(33-23)15-19-4-7-24(39-2)8-5-19;1-16-24(37-23-8-18(11-28)7-20(27)10-23)26(35)31(15-29-16)13-21-9-19(14-33)25(34)32(30-21)12-17-3-5-22(36-2)6-4-17/h4-13,17H,15-16H2,1-3H3;3-10,14-15H,12-13H2,1-2H3/b9-6+;. The summed E-state index contributed by atoms with van der Waals surface area (Å²) < 4.78 is 31.5. The van der Waals surface area contributed by atoms with Crippen molar-refractivity contribution in [2.24, 2.45) is 0 Å². The Morgan fingerprint density at radius 3 is 1.40 bits per heavy atom. The largest absolute Gasteiger partial charge is 0.497 e. The Labute approximate surface area is 453 Å². The van der Waals surface area contributed by atoms with Gasteiger partial charge in [-0.25, -0.2) is 24.1 Å². The zero-order valence-electron chi connectivity index (χ0n) is 42.2. The van der Waals surface area contributed by atoms with Crippen molar-refractivity contribution < 1.29 is 33.3 Å². The van der Waals surface area contributed by atoms with Gasteiger partial charge in [-0.3, -0.25) is 33.1 Å². The first-order chi connectivity index (χ1) is 37.5. The molecule has 0 fully saturated rings. The molecule has 0 spiro atoms. The molecule has 0 saturated heterocycles. The Bertz CT molecular complexity index is 3940. The topological polar surface area (TPSA) is 267 Å². The number of ether oxygens (including phenoxy) is 5. The van der Waals surface area contributed by atoms with Crippen LogP contribution in [0.2, 0.25) is 10.0 Å². The molecular weight excluding hydrogens is 1050 g/mol. The molecular formula is C55H44Cl2N10O11. The number of carbonyl (C=O) groups excluding carboxylic acids is 2. The van der Waals surface area contributed by atoms with Gasteiger partial charge in [-0.1, -0.05) is 47.5 Å². The summed E-state index contributed by atoms with van der Waals surface area (Å²) in [6, 6.07) is 29.8. The van der Waals surface area contributed by atoms with Gasteiger partial charge in [-0.15, -0.1) is 0 Å². The van der Waals surface area contributed by atoms with Crippen molar-refractivity contribution in [1.82, 2.24) is 38.7 Å². The van der Waals surface area contributed by atoms with Crippen LogP contribution in [0.15, 0.2) is 135 Å². The Hall–Kier alpha value is -9.96. The van der Waals surface area contributed by atoms with Crippen molar-refractivity contribution in [3.05, 3.63) is 223 Å². The van der Waals surface area contributed by atoms with Crippen LogP contribution in [-0.4, -0.2) is 72.2 Å². The molecule has 394 valence electrons. The van der Waals surface area contributed by atoms with Gasteiger partial charge in [0.05, 0.1) is 112 Å². The molecule has 4 aromatic carbocycles. The normalized spacial score (nSPS) is 10.7. The Balaban J connectivity index is 0.000000227. The summed E-state index contributed by atoms with van der Waals surface area (Å²) in [5, 5.41) is 27.8. The van der Waals surface area contributed by atoms with Crippen LogP contribution in [0, 0.1) is 36.5 Å². The second kappa shape index (κ2) is 25.5. The number of aldehydes is 1. The van der Waals surface area contributed by atoms with E-state index < -0.39 is 28.2 Å². The van der Waals surface area contributed by atoms with E-state index >= 15 is 0 Å². The number of nitriles is 2. The number of aromatic nitrogens is 8. The molecule has 0 N–H and O–H groups in total. The van der Waals surface area contributed by atoms with Gasteiger partial charge < -0.3 is 23.7 Å². The van der Waals surface area contributed by atoms with E-state index in [-0.39, 0.29) is 81.5 Å². The maximum atomic E-state index is 13.4. The predicted molar refractivity (Wildman–Crippen MR) is 285 cm³/mol. The van der Waals surface area contributed by atoms with Gasteiger partial charge >= 0.3 is 5.97 Å². The molecule has 0 unspecified atom stereocenters. The van der Waals surface area contributed by atoms with Gasteiger partial charge in [0.1, 0.15) is 23.0 Å².